The fraction of sp³-hybridized carbons (Fsp3) is 0.556. The predicted molar refractivity (Wildman–Crippen MR) is 87.8 cm³/mol. The molecule has 0 fully saturated rings. The van der Waals surface area contributed by atoms with E-state index in [4.69, 9.17) is 8.83 Å². The van der Waals surface area contributed by atoms with Crippen LogP contribution in [0.2, 0.25) is 0 Å². The molecule has 0 amide bonds. The summed E-state index contributed by atoms with van der Waals surface area (Å²) in [4.78, 5) is 24.7. The van der Waals surface area contributed by atoms with Crippen LogP contribution in [0.15, 0.2) is 18.4 Å². The molecule has 2 heterocycles. The van der Waals surface area contributed by atoms with Crippen LogP contribution in [0, 0.1) is 0 Å². The van der Waals surface area contributed by atoms with Crippen molar-refractivity contribution < 1.29 is 8.83 Å². The predicted octanol–water partition coefficient (Wildman–Crippen LogP) is 3.78. The van der Waals surface area contributed by atoms with Crippen LogP contribution in [0.25, 0.3) is 11.2 Å². The van der Waals surface area contributed by atoms with E-state index in [1.807, 2.05) is 20.8 Å². The van der Waals surface area contributed by atoms with Gasteiger partial charge in [-0.05, 0) is 25.7 Å². The lowest BCUT2D eigenvalue weighted by Crippen LogP contribution is -2.17. The summed E-state index contributed by atoms with van der Waals surface area (Å²) in [7, 11) is 0. The van der Waals surface area contributed by atoms with Crippen molar-refractivity contribution in [2.45, 2.75) is 66.2 Å². The van der Waals surface area contributed by atoms with Gasteiger partial charge in [0.1, 0.15) is 0 Å². The summed E-state index contributed by atoms with van der Waals surface area (Å²) in [6.45, 7) is 7.95. The third kappa shape index (κ3) is 2.74. The van der Waals surface area contributed by atoms with Crippen LogP contribution in [0.4, 0.5) is 0 Å². The second kappa shape index (κ2) is 6.95. The Bertz CT molecular complexity index is 780. The first-order valence-corrected chi connectivity index (χ1v) is 8.22. The summed E-state index contributed by atoms with van der Waals surface area (Å²) in [6, 6.07) is 0. The maximum Gasteiger partial charge on any atom is 0.339 e. The van der Waals surface area contributed by atoms with E-state index in [1.165, 1.54) is 0 Å². The van der Waals surface area contributed by atoms with Crippen molar-refractivity contribution in [2.75, 3.05) is 0 Å². The highest BCUT2D eigenvalue weighted by Gasteiger charge is 2.21. The molecular formula is C18H24O4. The topological polar surface area (TPSA) is 60.4 Å². The van der Waals surface area contributed by atoms with Crippen LogP contribution in [0.3, 0.4) is 0 Å². The van der Waals surface area contributed by atoms with Gasteiger partial charge in [0.25, 0.3) is 0 Å². The molecule has 120 valence electrons. The van der Waals surface area contributed by atoms with Gasteiger partial charge in [0.2, 0.25) is 0 Å². The molecule has 2 aromatic heterocycles. The number of rotatable bonds is 6. The molecule has 0 atom stereocenters. The van der Waals surface area contributed by atoms with Gasteiger partial charge in [0, 0.05) is 22.3 Å². The maximum atomic E-state index is 12.4. The van der Waals surface area contributed by atoms with Gasteiger partial charge < -0.3 is 8.83 Å². The summed E-state index contributed by atoms with van der Waals surface area (Å²) in [5.74, 6) is 0. The van der Waals surface area contributed by atoms with E-state index in [1.54, 1.807) is 0 Å². The van der Waals surface area contributed by atoms with Gasteiger partial charge in [-0.15, -0.1) is 0 Å². The summed E-state index contributed by atoms with van der Waals surface area (Å²) < 4.78 is 11.1. The van der Waals surface area contributed by atoms with Crippen molar-refractivity contribution in [3.05, 3.63) is 43.1 Å². The SMILES string of the molecule is CCCc1c(CCC)c2oc(=O)c(CC)c(CC)c2oc1=O. The minimum Gasteiger partial charge on any atom is -0.419 e. The van der Waals surface area contributed by atoms with Gasteiger partial charge in [-0.2, -0.15) is 0 Å². The van der Waals surface area contributed by atoms with Gasteiger partial charge in [-0.25, -0.2) is 9.59 Å². The van der Waals surface area contributed by atoms with Crippen LogP contribution < -0.4 is 11.3 Å². The molecule has 22 heavy (non-hydrogen) atoms. The van der Waals surface area contributed by atoms with E-state index >= 15 is 0 Å². The molecule has 0 N–H and O–H groups in total. The Labute approximate surface area is 130 Å². The van der Waals surface area contributed by atoms with Gasteiger partial charge in [-0.3, -0.25) is 0 Å². The molecule has 4 heteroatoms. The van der Waals surface area contributed by atoms with Gasteiger partial charge >= 0.3 is 11.3 Å². The fourth-order valence-electron chi connectivity index (χ4n) is 3.07. The summed E-state index contributed by atoms with van der Waals surface area (Å²) in [6.07, 6.45) is 4.32. The zero-order valence-corrected chi connectivity index (χ0v) is 13.9. The summed E-state index contributed by atoms with van der Waals surface area (Å²) in [5.41, 5.74) is 3.28. The van der Waals surface area contributed by atoms with Crippen molar-refractivity contribution in [2.24, 2.45) is 0 Å². The zero-order valence-electron chi connectivity index (χ0n) is 13.9. The Balaban J connectivity index is 2.96. The lowest BCUT2D eigenvalue weighted by Gasteiger charge is -2.12. The molecule has 0 bridgehead atoms. The number of aryl methyl sites for hydroxylation is 2. The maximum absolute atomic E-state index is 12.4. The average molecular weight is 304 g/mol. The molecule has 0 saturated heterocycles. The van der Waals surface area contributed by atoms with E-state index in [2.05, 4.69) is 6.92 Å². The van der Waals surface area contributed by atoms with Gasteiger partial charge in [0.05, 0.1) is 0 Å². The van der Waals surface area contributed by atoms with Crippen LogP contribution >= 0.6 is 0 Å². The largest absolute Gasteiger partial charge is 0.419 e. The Kier molecular flexibility index (Phi) is 5.22. The highest BCUT2D eigenvalue weighted by Crippen LogP contribution is 2.26. The first kappa shape index (κ1) is 16.5. The number of fused-ring (bicyclic) bond motifs is 1. The Morgan fingerprint density at radius 1 is 0.636 bits per heavy atom. The standard InChI is InChI=1S/C18H24O4/c1-5-9-13-14(10-6-2)18(20)21-15-11(7-3)12(8-4)17(19)22-16(13)15/h5-10H2,1-4H3. The van der Waals surface area contributed by atoms with Crippen LogP contribution in [-0.2, 0) is 25.7 Å². The van der Waals surface area contributed by atoms with Crippen LogP contribution in [0.5, 0.6) is 0 Å². The van der Waals surface area contributed by atoms with Crippen molar-refractivity contribution in [1.29, 1.82) is 0 Å². The molecule has 2 aromatic rings. The van der Waals surface area contributed by atoms with Crippen molar-refractivity contribution in [1.82, 2.24) is 0 Å². The Morgan fingerprint density at radius 2 is 1.09 bits per heavy atom. The molecular weight excluding hydrogens is 280 g/mol. The second-order valence-corrected chi connectivity index (χ2v) is 5.56. The van der Waals surface area contributed by atoms with Gasteiger partial charge in [0.15, 0.2) is 11.2 Å². The number of hydrogen-bond donors (Lipinski definition) is 0. The smallest absolute Gasteiger partial charge is 0.339 e. The van der Waals surface area contributed by atoms with E-state index in [9.17, 15) is 9.59 Å². The molecule has 0 unspecified atom stereocenters. The van der Waals surface area contributed by atoms with E-state index in [0.717, 1.165) is 30.4 Å². The molecule has 0 aromatic carbocycles. The minimum absolute atomic E-state index is 0.289. The van der Waals surface area contributed by atoms with Crippen molar-refractivity contribution in [3.8, 4) is 0 Å². The molecule has 0 saturated carbocycles. The van der Waals surface area contributed by atoms with E-state index < -0.39 is 0 Å². The molecule has 0 spiro atoms. The monoisotopic (exact) mass is 304 g/mol. The highest BCUT2D eigenvalue weighted by molar-refractivity contribution is 5.78. The zero-order chi connectivity index (χ0) is 16.3. The summed E-state index contributed by atoms with van der Waals surface area (Å²) >= 11 is 0. The quantitative estimate of drug-likeness (QED) is 0.815. The average Bonchev–Trinajstić information content (AvgIpc) is 2.50. The van der Waals surface area contributed by atoms with Crippen LogP contribution in [-0.4, -0.2) is 0 Å². The lowest BCUT2D eigenvalue weighted by molar-refractivity contribution is 0.492. The van der Waals surface area contributed by atoms with E-state index in [-0.39, 0.29) is 11.3 Å². The minimum atomic E-state index is -0.305. The third-order valence-electron chi connectivity index (χ3n) is 4.07. The first-order chi connectivity index (χ1) is 10.6. The third-order valence-corrected chi connectivity index (χ3v) is 4.07. The first-order valence-electron chi connectivity index (χ1n) is 8.22. The van der Waals surface area contributed by atoms with Crippen LogP contribution in [0.1, 0.15) is 62.8 Å². The van der Waals surface area contributed by atoms with Crippen molar-refractivity contribution >= 4 is 11.2 Å². The Morgan fingerprint density at radius 3 is 1.59 bits per heavy atom. The number of hydrogen-bond acceptors (Lipinski definition) is 4. The van der Waals surface area contributed by atoms with E-state index in [0.29, 0.717) is 41.6 Å². The fourth-order valence-corrected chi connectivity index (χ4v) is 3.07. The second-order valence-electron chi connectivity index (χ2n) is 5.56. The summed E-state index contributed by atoms with van der Waals surface area (Å²) in [5, 5.41) is 0. The molecule has 2 rings (SSSR count). The molecule has 0 aliphatic rings. The molecule has 0 aliphatic carbocycles. The van der Waals surface area contributed by atoms with Crippen molar-refractivity contribution in [3.63, 3.8) is 0 Å². The van der Waals surface area contributed by atoms with Gasteiger partial charge in [-0.1, -0.05) is 40.5 Å². The molecule has 0 radical (unpaired) electrons. The molecule has 4 nitrogen and oxygen atoms in total. The lowest BCUT2D eigenvalue weighted by atomic mass is 9.98. The Hall–Kier alpha value is -1.84. The molecule has 0 aliphatic heterocycles. The highest BCUT2D eigenvalue weighted by atomic mass is 16.4. The normalized spacial score (nSPS) is 11.3.